The standard InChI is InChI=1S/C14H20N2O4S/c17-10-12-9-16(7-8-20-12)13-3-1-2-4-14(13)21(18,19)15-11-5-6-11/h1-4,11-12,15,17H,5-10H2. The molecule has 2 N–H and O–H groups in total. The predicted octanol–water partition coefficient (Wildman–Crippen LogP) is 0.325. The number of sulfonamides is 1. The quantitative estimate of drug-likeness (QED) is 0.819. The Labute approximate surface area is 124 Å². The first-order valence-electron chi connectivity index (χ1n) is 7.19. The van der Waals surface area contributed by atoms with E-state index in [2.05, 4.69) is 4.72 Å². The number of aliphatic hydroxyl groups is 1. The van der Waals surface area contributed by atoms with Gasteiger partial charge in [0.05, 0.1) is 25.0 Å². The molecule has 1 heterocycles. The molecule has 0 amide bonds. The molecule has 1 saturated heterocycles. The van der Waals surface area contributed by atoms with Gasteiger partial charge in [-0.1, -0.05) is 12.1 Å². The van der Waals surface area contributed by atoms with Crippen LogP contribution in [0.5, 0.6) is 0 Å². The van der Waals surface area contributed by atoms with E-state index >= 15 is 0 Å². The molecule has 0 spiro atoms. The Bertz CT molecular complexity index is 601. The van der Waals surface area contributed by atoms with Gasteiger partial charge in [0.15, 0.2) is 0 Å². The number of anilines is 1. The van der Waals surface area contributed by atoms with Gasteiger partial charge in [0.1, 0.15) is 4.90 Å². The van der Waals surface area contributed by atoms with Crippen LogP contribution in [0.25, 0.3) is 0 Å². The summed E-state index contributed by atoms with van der Waals surface area (Å²) in [5.41, 5.74) is 0.674. The van der Waals surface area contributed by atoms with Gasteiger partial charge in [0.2, 0.25) is 10.0 Å². The summed E-state index contributed by atoms with van der Waals surface area (Å²) < 4.78 is 33.1. The summed E-state index contributed by atoms with van der Waals surface area (Å²) in [7, 11) is -3.50. The van der Waals surface area contributed by atoms with E-state index in [4.69, 9.17) is 4.74 Å². The summed E-state index contributed by atoms with van der Waals surface area (Å²) in [6.45, 7) is 1.53. The van der Waals surface area contributed by atoms with Crippen molar-refractivity contribution in [3.8, 4) is 0 Å². The first-order chi connectivity index (χ1) is 10.1. The maximum absolute atomic E-state index is 12.5. The van der Waals surface area contributed by atoms with Crippen molar-refractivity contribution in [1.29, 1.82) is 0 Å². The zero-order valence-corrected chi connectivity index (χ0v) is 12.6. The zero-order chi connectivity index (χ0) is 14.9. The van der Waals surface area contributed by atoms with Crippen LogP contribution < -0.4 is 9.62 Å². The highest BCUT2D eigenvalue weighted by Crippen LogP contribution is 2.29. The molecule has 2 fully saturated rings. The zero-order valence-electron chi connectivity index (χ0n) is 11.7. The Kier molecular flexibility index (Phi) is 4.17. The third-order valence-corrected chi connectivity index (χ3v) is 5.30. The molecule has 6 nitrogen and oxygen atoms in total. The molecule has 0 aromatic heterocycles. The molecule has 7 heteroatoms. The normalized spacial score (nSPS) is 23.3. The highest BCUT2D eigenvalue weighted by Gasteiger charge is 2.31. The third kappa shape index (κ3) is 3.37. The Morgan fingerprint density at radius 2 is 2.10 bits per heavy atom. The average Bonchev–Trinajstić information content (AvgIpc) is 3.30. The number of ether oxygens (including phenoxy) is 1. The summed E-state index contributed by atoms with van der Waals surface area (Å²) >= 11 is 0. The van der Waals surface area contributed by atoms with E-state index in [-0.39, 0.29) is 18.8 Å². The molecule has 1 aliphatic heterocycles. The average molecular weight is 312 g/mol. The Morgan fingerprint density at radius 1 is 1.33 bits per heavy atom. The molecule has 0 radical (unpaired) electrons. The number of hydrogen-bond acceptors (Lipinski definition) is 5. The minimum Gasteiger partial charge on any atom is -0.394 e. The lowest BCUT2D eigenvalue weighted by atomic mass is 10.2. The van der Waals surface area contributed by atoms with Gasteiger partial charge in [-0.25, -0.2) is 13.1 Å². The molecule has 1 unspecified atom stereocenters. The molecule has 1 aliphatic carbocycles. The molecule has 1 aromatic carbocycles. The summed E-state index contributed by atoms with van der Waals surface area (Å²) in [6, 6.07) is 7.08. The van der Waals surface area contributed by atoms with Gasteiger partial charge in [-0.05, 0) is 25.0 Å². The van der Waals surface area contributed by atoms with E-state index in [1.807, 2.05) is 11.0 Å². The first kappa shape index (κ1) is 14.8. The number of rotatable bonds is 5. The van der Waals surface area contributed by atoms with Gasteiger partial charge in [-0.15, -0.1) is 0 Å². The van der Waals surface area contributed by atoms with Crippen LogP contribution in [-0.4, -0.2) is 52.0 Å². The largest absolute Gasteiger partial charge is 0.394 e. The van der Waals surface area contributed by atoms with E-state index in [0.717, 1.165) is 12.8 Å². The smallest absolute Gasteiger partial charge is 0.242 e. The van der Waals surface area contributed by atoms with Crippen molar-refractivity contribution in [3.05, 3.63) is 24.3 Å². The Balaban J connectivity index is 1.88. The van der Waals surface area contributed by atoms with Gasteiger partial charge >= 0.3 is 0 Å². The highest BCUT2D eigenvalue weighted by molar-refractivity contribution is 7.89. The van der Waals surface area contributed by atoms with Gasteiger partial charge in [-0.2, -0.15) is 0 Å². The molecule has 0 bridgehead atoms. The number of benzene rings is 1. The molecule has 1 atom stereocenters. The SMILES string of the molecule is O=S(=O)(NC1CC1)c1ccccc1N1CCOC(CO)C1. The fraction of sp³-hybridized carbons (Fsp3) is 0.571. The summed E-state index contributed by atoms with van der Waals surface area (Å²) in [4.78, 5) is 2.27. The number of aliphatic hydroxyl groups excluding tert-OH is 1. The lowest BCUT2D eigenvalue weighted by molar-refractivity contribution is 0.00343. The van der Waals surface area contributed by atoms with Crippen molar-refractivity contribution in [1.82, 2.24) is 4.72 Å². The molecule has 21 heavy (non-hydrogen) atoms. The van der Waals surface area contributed by atoms with Crippen LogP contribution in [0.4, 0.5) is 5.69 Å². The van der Waals surface area contributed by atoms with E-state index in [1.54, 1.807) is 18.2 Å². The Morgan fingerprint density at radius 3 is 2.81 bits per heavy atom. The van der Waals surface area contributed by atoms with Crippen LogP contribution in [0.2, 0.25) is 0 Å². The number of nitrogens with one attached hydrogen (secondary N) is 1. The minimum absolute atomic E-state index is 0.0637. The molecular formula is C14H20N2O4S. The highest BCUT2D eigenvalue weighted by atomic mass is 32.2. The molecule has 116 valence electrons. The number of para-hydroxylation sites is 1. The van der Waals surface area contributed by atoms with Crippen molar-refractivity contribution in [2.75, 3.05) is 31.2 Å². The maximum atomic E-state index is 12.5. The lowest BCUT2D eigenvalue weighted by Crippen LogP contribution is -2.44. The Hall–Kier alpha value is -1.15. The second kappa shape index (κ2) is 5.92. The first-order valence-corrected chi connectivity index (χ1v) is 8.67. The summed E-state index contributed by atoms with van der Waals surface area (Å²) in [5.74, 6) is 0. The fourth-order valence-electron chi connectivity index (χ4n) is 2.48. The number of hydrogen-bond donors (Lipinski definition) is 2. The number of nitrogens with zero attached hydrogens (tertiary/aromatic N) is 1. The van der Waals surface area contributed by atoms with Crippen LogP contribution in [0.3, 0.4) is 0 Å². The van der Waals surface area contributed by atoms with Gasteiger partial charge in [0.25, 0.3) is 0 Å². The van der Waals surface area contributed by atoms with Crippen LogP contribution in [0.1, 0.15) is 12.8 Å². The van der Waals surface area contributed by atoms with Crippen LogP contribution in [0.15, 0.2) is 29.2 Å². The van der Waals surface area contributed by atoms with Gasteiger partial charge < -0.3 is 14.7 Å². The second-order valence-electron chi connectivity index (χ2n) is 5.48. The van der Waals surface area contributed by atoms with Crippen molar-refractivity contribution in [2.45, 2.75) is 29.9 Å². The van der Waals surface area contributed by atoms with Crippen molar-refractivity contribution < 1.29 is 18.3 Å². The fourth-order valence-corrected chi connectivity index (χ4v) is 4.01. The van der Waals surface area contributed by atoms with E-state index in [9.17, 15) is 13.5 Å². The molecule has 3 rings (SSSR count). The molecular weight excluding hydrogens is 292 g/mol. The molecule has 1 aromatic rings. The summed E-state index contributed by atoms with van der Waals surface area (Å²) in [6.07, 6.45) is 1.54. The van der Waals surface area contributed by atoms with E-state index in [1.165, 1.54) is 0 Å². The second-order valence-corrected chi connectivity index (χ2v) is 7.17. The van der Waals surface area contributed by atoms with Crippen molar-refractivity contribution in [2.24, 2.45) is 0 Å². The van der Waals surface area contributed by atoms with Crippen molar-refractivity contribution in [3.63, 3.8) is 0 Å². The molecule has 1 saturated carbocycles. The van der Waals surface area contributed by atoms with E-state index < -0.39 is 10.0 Å². The number of morpholine rings is 1. The van der Waals surface area contributed by atoms with E-state index in [0.29, 0.717) is 30.3 Å². The minimum atomic E-state index is -3.50. The monoisotopic (exact) mass is 312 g/mol. The lowest BCUT2D eigenvalue weighted by Gasteiger charge is -2.34. The summed E-state index contributed by atoms with van der Waals surface area (Å²) in [5, 5.41) is 9.23. The third-order valence-electron chi connectivity index (χ3n) is 3.74. The van der Waals surface area contributed by atoms with Gasteiger partial charge in [0, 0.05) is 19.1 Å². The van der Waals surface area contributed by atoms with Crippen LogP contribution in [-0.2, 0) is 14.8 Å². The predicted molar refractivity (Wildman–Crippen MR) is 78.8 cm³/mol. The van der Waals surface area contributed by atoms with Gasteiger partial charge in [-0.3, -0.25) is 0 Å². The maximum Gasteiger partial charge on any atom is 0.242 e. The van der Waals surface area contributed by atoms with Crippen LogP contribution in [0, 0.1) is 0 Å². The van der Waals surface area contributed by atoms with Crippen molar-refractivity contribution >= 4 is 15.7 Å². The topological polar surface area (TPSA) is 78.9 Å². The van der Waals surface area contributed by atoms with Crippen LogP contribution >= 0.6 is 0 Å². The molecule has 2 aliphatic rings.